The highest BCUT2D eigenvalue weighted by atomic mass is 16.4. The fourth-order valence-corrected chi connectivity index (χ4v) is 8.43. The highest BCUT2D eigenvalue weighted by Crippen LogP contribution is 2.21. The van der Waals surface area contributed by atoms with E-state index in [2.05, 4.69) is 57.2 Å². The number of carboxylic acid groups (broad SMARTS) is 1. The summed E-state index contributed by atoms with van der Waals surface area (Å²) in [4.78, 5) is 137. The van der Waals surface area contributed by atoms with E-state index in [0.717, 1.165) is 0 Å². The largest absolute Gasteiger partial charge is 0.478 e. The fourth-order valence-electron chi connectivity index (χ4n) is 8.43. The predicted octanol–water partition coefficient (Wildman–Crippen LogP) is -5.67. The number of imidazole rings is 2. The molecule has 0 unspecified atom stereocenters. The van der Waals surface area contributed by atoms with E-state index in [1.165, 1.54) is 36.0 Å². The molecule has 3 rings (SSSR count). The van der Waals surface area contributed by atoms with E-state index in [-0.39, 0.29) is 95.4 Å². The number of aromatic nitrogens is 4. The lowest BCUT2D eigenvalue weighted by molar-refractivity contribution is -0.142. The number of H-pyrrole nitrogens is 2. The van der Waals surface area contributed by atoms with Crippen LogP contribution in [0.2, 0.25) is 0 Å². The second-order valence-corrected chi connectivity index (χ2v) is 18.8. The zero-order valence-electron chi connectivity index (χ0n) is 43.9. The van der Waals surface area contributed by atoms with Crippen LogP contribution >= 0.6 is 0 Å². The van der Waals surface area contributed by atoms with E-state index in [1.807, 2.05) is 0 Å². The Morgan fingerprint density at radius 3 is 1.91 bits per heavy atom. The van der Waals surface area contributed by atoms with Gasteiger partial charge in [-0.1, -0.05) is 12.5 Å². The zero-order chi connectivity index (χ0) is 57.6. The summed E-state index contributed by atoms with van der Waals surface area (Å²) in [5.41, 5.74) is 34.8. The molecule has 0 radical (unpaired) electrons. The molecule has 434 valence electrons. The molecule has 30 nitrogen and oxygen atoms in total. The molecule has 78 heavy (non-hydrogen) atoms. The Kier molecular flexibility index (Phi) is 29.2. The maximum absolute atomic E-state index is 14.3. The molecule has 0 aliphatic carbocycles. The molecular weight excluding hydrogens is 1020 g/mol. The number of nitrogens with zero attached hydrogens (tertiary/aromatic N) is 3. The lowest BCUT2D eigenvalue weighted by Crippen LogP contribution is -2.61. The first-order valence-corrected chi connectivity index (χ1v) is 26.1. The summed E-state index contributed by atoms with van der Waals surface area (Å²) in [6.45, 7) is 0.00430. The number of amides is 7. The predicted molar refractivity (Wildman–Crippen MR) is 284 cm³/mol. The van der Waals surface area contributed by atoms with Gasteiger partial charge in [-0.3, -0.25) is 43.8 Å². The highest BCUT2D eigenvalue weighted by molar-refractivity contribution is 5.98. The van der Waals surface area contributed by atoms with Gasteiger partial charge in [0.25, 0.3) is 0 Å². The molecule has 1 aliphatic rings. The van der Waals surface area contributed by atoms with E-state index >= 15 is 0 Å². The number of aromatic amines is 2. The Morgan fingerprint density at radius 2 is 1.33 bits per heavy atom. The van der Waals surface area contributed by atoms with Gasteiger partial charge in [-0.2, -0.15) is 0 Å². The molecule has 30 heteroatoms. The minimum Gasteiger partial charge on any atom is -0.478 e. The minimum atomic E-state index is -1.62. The van der Waals surface area contributed by atoms with Gasteiger partial charge in [0, 0.05) is 68.3 Å². The monoisotopic (exact) mass is 1100 g/mol. The number of Topliss-reactive ketones (excluding diaryl/α,β-unsaturated/α-hetero) is 1. The standard InChI is InChI=1S/C48H81N19O11/c49-15-3-1-9-31(53)41(71)66-40(38(69)22-52)45(75)65-34(20-29-23-56-26-60-29)42(72)59-25-39(70)62-33(11-5-17-51)46(76)67-19-7-12-36(67)44(74)64-35(21-30-24-57-27-61-30)43(73)63-32(10-2-4-16-50)37(68)14-13-28(47(77)78)8-6-18-58-48(54)55/h8,23-24,26-27,31-36,38,40,69H,1-7,9-22,25,49-53H2,(H,56,60)(H,57,61)(H,59,72)(H,62,70)(H,63,73)(H,64,74)(H,65,75)(H,66,71)(H,77,78)(H4,54,55,58)/b28-8+/t31-,32-,33+,34-,35-,36-,38-,40-/m0/s1. The Balaban J connectivity index is 1.76. The average molecular weight is 1100 g/mol. The van der Waals surface area contributed by atoms with E-state index < -0.39 is 115 Å². The highest BCUT2D eigenvalue weighted by Gasteiger charge is 2.40. The van der Waals surface area contributed by atoms with Crippen molar-refractivity contribution >= 4 is 59.1 Å². The third-order valence-corrected chi connectivity index (χ3v) is 12.7. The Hall–Kier alpha value is -7.38. The molecule has 2 aromatic rings. The van der Waals surface area contributed by atoms with E-state index in [1.54, 1.807) is 0 Å². The van der Waals surface area contributed by atoms with E-state index in [9.17, 15) is 53.4 Å². The Bertz CT molecular complexity index is 2280. The summed E-state index contributed by atoms with van der Waals surface area (Å²) in [6, 6.07) is -8.77. The number of ketones is 1. The lowest BCUT2D eigenvalue weighted by atomic mass is 9.98. The molecule has 0 spiro atoms. The molecule has 0 saturated carbocycles. The fraction of sp³-hybridized carbons (Fsp3) is 0.625. The molecule has 0 bridgehead atoms. The Labute approximate surface area is 451 Å². The molecule has 1 saturated heterocycles. The molecule has 1 fully saturated rings. The number of likely N-dealkylation sites (tertiary alicyclic amines) is 1. The number of rotatable bonds is 38. The van der Waals surface area contributed by atoms with Crippen molar-refractivity contribution in [3.05, 3.63) is 48.1 Å². The molecule has 7 amide bonds. The van der Waals surface area contributed by atoms with Gasteiger partial charge < -0.3 is 96.7 Å². The summed E-state index contributed by atoms with van der Waals surface area (Å²) in [5.74, 6) is -7.45. The van der Waals surface area contributed by atoms with Crippen molar-refractivity contribution in [3.8, 4) is 0 Å². The van der Waals surface area contributed by atoms with Crippen LogP contribution in [0.1, 0.15) is 94.9 Å². The number of aliphatic carboxylic acids is 1. The molecule has 24 N–H and O–H groups in total. The summed E-state index contributed by atoms with van der Waals surface area (Å²) in [5, 5.41) is 45.8. The lowest BCUT2D eigenvalue weighted by Gasteiger charge is -2.30. The molecule has 8 atom stereocenters. The molecular formula is C48H81N19O11. The molecule has 3 heterocycles. The zero-order valence-corrected chi connectivity index (χ0v) is 43.9. The minimum absolute atomic E-state index is 0.0386. The van der Waals surface area contributed by atoms with Gasteiger partial charge in [-0.25, -0.2) is 14.8 Å². The number of carboxylic acids is 1. The van der Waals surface area contributed by atoms with Crippen molar-refractivity contribution in [2.24, 2.45) is 34.4 Å². The molecule has 0 aromatic carbocycles. The van der Waals surface area contributed by atoms with Crippen molar-refractivity contribution in [1.82, 2.24) is 62.1 Å². The SMILES string of the molecule is N=C(N)NCC/C=C(\CCC(=O)[C@H](CCCCN)NC(=O)[C@H](Cc1cnc[nH]1)NC(=O)[C@@H]1CCCN1C(=O)[C@@H](CCCN)NC(=O)CNC(=O)[C@H](Cc1cnc[nH]1)NC(=O)[C@@H](NC(=O)[C@@H](N)CCCCN)[C@@H](O)CN)C(=O)O. The molecule has 2 aromatic heterocycles. The number of carbonyl (C=O) groups excluding carboxylic acids is 8. The third-order valence-electron chi connectivity index (χ3n) is 12.7. The van der Waals surface area contributed by atoms with Gasteiger partial charge in [0.1, 0.15) is 30.2 Å². The summed E-state index contributed by atoms with van der Waals surface area (Å²) < 4.78 is 0. The van der Waals surface area contributed by atoms with Crippen LogP contribution in [0.4, 0.5) is 0 Å². The first kappa shape index (κ1) is 64.9. The van der Waals surface area contributed by atoms with Gasteiger partial charge in [-0.15, -0.1) is 0 Å². The van der Waals surface area contributed by atoms with Crippen LogP contribution in [0.15, 0.2) is 36.7 Å². The Morgan fingerprint density at radius 1 is 0.731 bits per heavy atom. The maximum atomic E-state index is 14.3. The first-order chi connectivity index (χ1) is 37.3. The van der Waals surface area contributed by atoms with Crippen LogP contribution in [0.25, 0.3) is 0 Å². The molecule has 1 aliphatic heterocycles. The van der Waals surface area contributed by atoms with Gasteiger partial charge in [0.15, 0.2) is 11.7 Å². The maximum Gasteiger partial charge on any atom is 0.331 e. The van der Waals surface area contributed by atoms with Crippen molar-refractivity contribution in [2.45, 2.75) is 145 Å². The number of aliphatic hydroxyl groups excluding tert-OH is 1. The first-order valence-electron chi connectivity index (χ1n) is 26.1. The van der Waals surface area contributed by atoms with Crippen molar-refractivity contribution < 1.29 is 53.4 Å². The van der Waals surface area contributed by atoms with Gasteiger partial charge in [0.05, 0.1) is 37.4 Å². The quantitative estimate of drug-likeness (QED) is 0.0129. The van der Waals surface area contributed by atoms with Crippen LogP contribution in [0.3, 0.4) is 0 Å². The number of nitrogens with one attached hydrogen (secondary N) is 10. The topological polar surface area (TPSA) is 519 Å². The van der Waals surface area contributed by atoms with Gasteiger partial charge in [0.2, 0.25) is 41.4 Å². The van der Waals surface area contributed by atoms with Crippen LogP contribution < -0.4 is 71.6 Å². The van der Waals surface area contributed by atoms with E-state index in [0.29, 0.717) is 56.6 Å². The second-order valence-electron chi connectivity index (χ2n) is 18.8. The van der Waals surface area contributed by atoms with E-state index in [4.69, 9.17) is 39.8 Å². The van der Waals surface area contributed by atoms with Crippen LogP contribution in [-0.4, -0.2) is 188 Å². The number of aliphatic hydroxyl groups is 1. The summed E-state index contributed by atoms with van der Waals surface area (Å²) in [6.07, 6.45) is 8.36. The van der Waals surface area contributed by atoms with Crippen LogP contribution in [-0.2, 0) is 56.0 Å². The third kappa shape index (κ3) is 22.7. The van der Waals surface area contributed by atoms with Crippen LogP contribution in [0, 0.1) is 5.41 Å². The van der Waals surface area contributed by atoms with Crippen molar-refractivity contribution in [3.63, 3.8) is 0 Å². The normalized spacial score (nSPS) is 16.1. The number of guanidine groups is 1. The number of hydrogen-bond donors (Lipinski definition) is 18. The number of unbranched alkanes of at least 4 members (excludes halogenated alkanes) is 2. The number of hydrogen-bond acceptors (Lipinski definition) is 18. The number of nitrogens with two attached hydrogens (primary N) is 6. The van der Waals surface area contributed by atoms with Crippen molar-refractivity contribution in [1.29, 1.82) is 5.41 Å². The van der Waals surface area contributed by atoms with Gasteiger partial charge in [-0.05, 0) is 90.3 Å². The smallest absolute Gasteiger partial charge is 0.331 e. The van der Waals surface area contributed by atoms with Crippen LogP contribution in [0.5, 0.6) is 0 Å². The van der Waals surface area contributed by atoms with Crippen molar-refractivity contribution in [2.75, 3.05) is 45.8 Å². The summed E-state index contributed by atoms with van der Waals surface area (Å²) >= 11 is 0. The number of carbonyl (C=O) groups is 9. The second kappa shape index (κ2) is 35.1. The summed E-state index contributed by atoms with van der Waals surface area (Å²) in [7, 11) is 0. The average Bonchev–Trinajstić information content (AvgIpc) is 4.26. The van der Waals surface area contributed by atoms with Gasteiger partial charge >= 0.3 is 5.97 Å².